The first-order chi connectivity index (χ1) is 13.5. The Kier molecular flexibility index (Phi) is 10.9. The molecule has 156 valence electrons. The minimum Gasteiger partial charge on any atom is -0.512 e. The number of aliphatic hydroxyl groups is 1. The summed E-state index contributed by atoms with van der Waals surface area (Å²) in [6.45, 7) is 5.55. The summed E-state index contributed by atoms with van der Waals surface area (Å²) in [6.07, 6.45) is 2.50. The van der Waals surface area contributed by atoms with Gasteiger partial charge in [0.05, 0.1) is 5.56 Å². The number of nitrogens with two attached hydrogens (primary N) is 2. The number of aliphatic hydroxyl groups excluding tert-OH is 1. The Morgan fingerprint density at radius 3 is 1.97 bits per heavy atom. The lowest BCUT2D eigenvalue weighted by atomic mass is 9.93. The summed E-state index contributed by atoms with van der Waals surface area (Å²) in [5.74, 6) is 0.0555. The topological polar surface area (TPSA) is 163 Å². The molecule has 2 rings (SSSR count). The molecule has 0 spiro atoms. The van der Waals surface area contributed by atoms with Crippen LogP contribution in [-0.4, -0.2) is 28.7 Å². The summed E-state index contributed by atoms with van der Waals surface area (Å²) >= 11 is 0. The third-order valence-corrected chi connectivity index (χ3v) is 3.26. The molecular formula is C21H28N4O4. The van der Waals surface area contributed by atoms with Crippen molar-refractivity contribution >= 4 is 29.9 Å². The molecule has 8 N–H and O–H groups in total. The highest BCUT2D eigenvalue weighted by molar-refractivity contribution is 5.88. The number of para-hydroxylation sites is 1. The number of nitrogens with one attached hydrogen (secondary N) is 2. The van der Waals surface area contributed by atoms with Crippen molar-refractivity contribution in [2.24, 2.45) is 11.1 Å². The van der Waals surface area contributed by atoms with Crippen LogP contribution in [0.25, 0.3) is 0 Å². The molecule has 8 nitrogen and oxygen atoms in total. The zero-order valence-corrected chi connectivity index (χ0v) is 16.7. The van der Waals surface area contributed by atoms with Crippen molar-refractivity contribution in [2.75, 3.05) is 11.1 Å². The van der Waals surface area contributed by atoms with E-state index in [4.69, 9.17) is 22.0 Å². The lowest BCUT2D eigenvalue weighted by Gasteiger charge is -2.16. The first-order valence-corrected chi connectivity index (χ1v) is 8.55. The van der Waals surface area contributed by atoms with Crippen LogP contribution in [0.1, 0.15) is 31.1 Å². The number of aromatic hydroxyl groups is 1. The van der Waals surface area contributed by atoms with Gasteiger partial charge in [0.2, 0.25) is 6.41 Å². The number of nitrogen functional groups attached to an aromatic ring is 1. The van der Waals surface area contributed by atoms with Crippen LogP contribution in [0.2, 0.25) is 0 Å². The second-order valence-electron chi connectivity index (χ2n) is 6.80. The summed E-state index contributed by atoms with van der Waals surface area (Å²) in [5, 5.41) is 27.4. The van der Waals surface area contributed by atoms with Gasteiger partial charge < -0.3 is 27.0 Å². The molecule has 29 heavy (non-hydrogen) atoms. The number of aldehydes is 1. The summed E-state index contributed by atoms with van der Waals surface area (Å²) in [4.78, 5) is 20.0. The fraction of sp³-hybridized carbons (Fsp3) is 0.190. The third kappa shape index (κ3) is 11.5. The van der Waals surface area contributed by atoms with Crippen LogP contribution in [-0.2, 0) is 4.79 Å². The van der Waals surface area contributed by atoms with E-state index in [1.165, 1.54) is 12.1 Å². The molecule has 0 aliphatic heterocycles. The Labute approximate surface area is 170 Å². The number of anilines is 2. The molecule has 0 aliphatic carbocycles. The van der Waals surface area contributed by atoms with E-state index in [0.29, 0.717) is 23.9 Å². The minimum atomic E-state index is -0.314. The van der Waals surface area contributed by atoms with Gasteiger partial charge in [-0.2, -0.15) is 0 Å². The van der Waals surface area contributed by atoms with Gasteiger partial charge in [-0.1, -0.05) is 32.9 Å². The Hall–Kier alpha value is -3.81. The maximum Gasteiger partial charge on any atom is 0.211 e. The van der Waals surface area contributed by atoms with Crippen LogP contribution < -0.4 is 16.8 Å². The summed E-state index contributed by atoms with van der Waals surface area (Å²) in [5.41, 5.74) is 11.9. The molecule has 8 heteroatoms. The number of carbonyl (C=O) groups excluding carboxylic acids is 2. The molecule has 0 aliphatic rings. The molecule has 0 fully saturated rings. The van der Waals surface area contributed by atoms with Gasteiger partial charge in [-0.25, -0.2) is 0 Å². The summed E-state index contributed by atoms with van der Waals surface area (Å²) in [7, 11) is 0. The van der Waals surface area contributed by atoms with Gasteiger partial charge >= 0.3 is 0 Å². The van der Waals surface area contributed by atoms with Gasteiger partial charge in [-0.05, 0) is 36.4 Å². The number of amides is 1. The molecule has 0 aromatic heterocycles. The van der Waals surface area contributed by atoms with E-state index in [1.807, 2.05) is 20.8 Å². The molecule has 0 heterocycles. The van der Waals surface area contributed by atoms with Gasteiger partial charge in [-0.15, -0.1) is 0 Å². The van der Waals surface area contributed by atoms with Gasteiger partial charge in [0.25, 0.3) is 0 Å². The van der Waals surface area contributed by atoms with Gasteiger partial charge in [0.15, 0.2) is 6.29 Å². The van der Waals surface area contributed by atoms with Crippen molar-refractivity contribution in [1.29, 1.82) is 5.41 Å². The molecule has 0 saturated carbocycles. The first kappa shape index (κ1) is 25.2. The highest BCUT2D eigenvalue weighted by Gasteiger charge is 2.15. The van der Waals surface area contributed by atoms with Crippen LogP contribution in [0.3, 0.4) is 0 Å². The lowest BCUT2D eigenvalue weighted by molar-refractivity contribution is -0.105. The van der Waals surface area contributed by atoms with E-state index in [1.54, 1.807) is 42.5 Å². The Bertz CT molecular complexity index is 825. The molecule has 2 aromatic rings. The molecule has 0 radical (unpaired) electrons. The zero-order valence-electron chi connectivity index (χ0n) is 16.7. The van der Waals surface area contributed by atoms with E-state index < -0.39 is 0 Å². The smallest absolute Gasteiger partial charge is 0.211 e. The second kappa shape index (κ2) is 12.6. The lowest BCUT2D eigenvalue weighted by Crippen LogP contribution is -2.14. The number of phenolic OH excluding ortho intramolecular Hbond substituents is 1. The number of hydrogen-bond acceptors (Lipinski definition) is 6. The van der Waals surface area contributed by atoms with Crippen LogP contribution in [0.5, 0.6) is 5.75 Å². The van der Waals surface area contributed by atoms with Crippen molar-refractivity contribution in [3.8, 4) is 5.75 Å². The Morgan fingerprint density at radius 1 is 1.07 bits per heavy atom. The first-order valence-electron chi connectivity index (χ1n) is 8.55. The predicted octanol–water partition coefficient (Wildman–Crippen LogP) is 3.45. The molecule has 1 amide bonds. The zero-order chi connectivity index (χ0) is 22.4. The van der Waals surface area contributed by atoms with Crippen molar-refractivity contribution in [1.82, 2.24) is 0 Å². The average molecular weight is 400 g/mol. The minimum absolute atomic E-state index is 0.0347. The third-order valence-electron chi connectivity index (χ3n) is 3.26. The largest absolute Gasteiger partial charge is 0.512 e. The second-order valence-corrected chi connectivity index (χ2v) is 6.80. The van der Waals surface area contributed by atoms with Crippen molar-refractivity contribution in [3.05, 3.63) is 65.9 Å². The molecule has 0 saturated heterocycles. The highest BCUT2D eigenvalue weighted by atomic mass is 16.3. The number of rotatable bonds is 4. The fourth-order valence-electron chi connectivity index (χ4n) is 1.60. The maximum absolute atomic E-state index is 10.1. The monoisotopic (exact) mass is 400 g/mol. The van der Waals surface area contributed by atoms with Crippen LogP contribution in [0.15, 0.2) is 60.4 Å². The average Bonchev–Trinajstić information content (AvgIpc) is 2.64. The van der Waals surface area contributed by atoms with E-state index in [9.17, 15) is 14.7 Å². The number of hydrogen-bond donors (Lipinski definition) is 6. The number of allylic oxidation sites excluding steroid dienone is 1. The number of phenols is 1. The number of amidine groups is 1. The van der Waals surface area contributed by atoms with E-state index in [0.717, 1.165) is 5.69 Å². The van der Waals surface area contributed by atoms with Crippen molar-refractivity contribution in [2.45, 2.75) is 20.8 Å². The quantitative estimate of drug-likeness (QED) is 0.151. The normalized spacial score (nSPS) is 10.4. The fourth-order valence-corrected chi connectivity index (χ4v) is 1.60. The maximum atomic E-state index is 10.1. The van der Waals surface area contributed by atoms with Crippen molar-refractivity contribution in [3.63, 3.8) is 0 Å². The highest BCUT2D eigenvalue weighted by Crippen LogP contribution is 2.21. The molecule has 0 atom stereocenters. The van der Waals surface area contributed by atoms with Crippen LogP contribution in [0.4, 0.5) is 11.4 Å². The summed E-state index contributed by atoms with van der Waals surface area (Å²) in [6, 6.07) is 13.3. The Morgan fingerprint density at radius 2 is 1.62 bits per heavy atom. The van der Waals surface area contributed by atoms with E-state index in [2.05, 4.69) is 5.32 Å². The molecule has 0 unspecified atom stereocenters. The van der Waals surface area contributed by atoms with Gasteiger partial charge in [-0.3, -0.25) is 15.0 Å². The van der Waals surface area contributed by atoms with E-state index >= 15 is 0 Å². The van der Waals surface area contributed by atoms with Crippen LogP contribution in [0, 0.1) is 10.8 Å². The SMILES string of the molecule is CC(C)(C)/C(O)=C/C(=N)N.Nc1ccc(NC=O)cc1.O=Cc1ccccc1O. The van der Waals surface area contributed by atoms with E-state index in [-0.39, 0.29) is 22.8 Å². The molecular weight excluding hydrogens is 372 g/mol. The van der Waals surface area contributed by atoms with Gasteiger partial charge in [0.1, 0.15) is 17.3 Å². The number of carbonyl (C=O) groups is 2. The number of benzene rings is 2. The van der Waals surface area contributed by atoms with Gasteiger partial charge in [0, 0.05) is 22.9 Å². The standard InChI is InChI=1S/C7H8N2O.C7H14N2O.C7H6O2/c8-6-1-3-7(4-2-6)9-5-10;1-7(2,3)5(10)4-6(8)9;8-5-6-3-1-2-4-7(6)9/h1-5H,8H2,(H,9,10);4,10H,1-3H3,(H3,8,9);1-5,9H/b;5-4-;. The van der Waals surface area contributed by atoms with Crippen LogP contribution >= 0.6 is 0 Å². The molecule has 0 bridgehead atoms. The molecule has 2 aromatic carbocycles. The Balaban J connectivity index is 0.000000406. The predicted molar refractivity (Wildman–Crippen MR) is 116 cm³/mol. The van der Waals surface area contributed by atoms with Crippen molar-refractivity contribution < 1.29 is 19.8 Å². The summed E-state index contributed by atoms with van der Waals surface area (Å²) < 4.78 is 0.